The fourth-order valence-corrected chi connectivity index (χ4v) is 3.04. The Morgan fingerprint density at radius 2 is 2.08 bits per heavy atom. The summed E-state index contributed by atoms with van der Waals surface area (Å²) in [5.41, 5.74) is 1.75. The fraction of sp³-hybridized carbons (Fsp3) is 0.368. The van der Waals surface area contributed by atoms with E-state index in [1.165, 1.54) is 12.3 Å². The van der Waals surface area contributed by atoms with Crippen LogP contribution in [0.5, 0.6) is 5.75 Å². The minimum atomic E-state index is -0.290. The first-order valence-electron chi connectivity index (χ1n) is 8.23. The van der Waals surface area contributed by atoms with Crippen LogP contribution in [0, 0.1) is 6.92 Å². The third-order valence-electron chi connectivity index (χ3n) is 4.51. The molecule has 0 fully saturated rings. The van der Waals surface area contributed by atoms with Crippen molar-refractivity contribution in [1.82, 2.24) is 4.90 Å². The zero-order valence-corrected chi connectivity index (χ0v) is 14.7. The number of carbonyl (C=O) groups excluding carboxylic acids is 1. The number of rotatable bonds is 4. The summed E-state index contributed by atoms with van der Waals surface area (Å²) in [7, 11) is 4.02. The normalized spacial score (nSPS) is 16.6. The Morgan fingerprint density at radius 1 is 1.32 bits per heavy atom. The molecule has 2 aromatic rings. The van der Waals surface area contributed by atoms with Gasteiger partial charge >= 0.3 is 0 Å². The van der Waals surface area contributed by atoms with E-state index in [0.717, 1.165) is 17.7 Å². The lowest BCUT2D eigenvalue weighted by atomic mass is 9.97. The van der Waals surface area contributed by atoms with Crippen molar-refractivity contribution in [2.45, 2.75) is 19.4 Å². The maximum atomic E-state index is 12.8. The summed E-state index contributed by atoms with van der Waals surface area (Å²) >= 11 is 0. The molecule has 0 spiro atoms. The Hall–Kier alpha value is -2.60. The lowest BCUT2D eigenvalue weighted by Gasteiger charge is -2.37. The van der Waals surface area contributed by atoms with Crippen molar-refractivity contribution < 1.29 is 13.9 Å². The Bertz CT molecular complexity index is 828. The number of carbonyl (C=O) groups is 1. The fourth-order valence-electron chi connectivity index (χ4n) is 3.04. The summed E-state index contributed by atoms with van der Waals surface area (Å²) < 4.78 is 10.6. The van der Waals surface area contributed by atoms with Gasteiger partial charge in [-0.3, -0.25) is 9.59 Å². The van der Waals surface area contributed by atoms with Crippen molar-refractivity contribution >= 4 is 11.6 Å². The largest absolute Gasteiger partial charge is 0.476 e. The molecule has 132 valence electrons. The van der Waals surface area contributed by atoms with Crippen LogP contribution in [0.15, 0.2) is 45.8 Å². The third-order valence-corrected chi connectivity index (χ3v) is 4.51. The second kappa shape index (κ2) is 7.11. The van der Waals surface area contributed by atoms with Crippen LogP contribution in [0.1, 0.15) is 11.3 Å². The van der Waals surface area contributed by atoms with E-state index < -0.39 is 0 Å². The summed E-state index contributed by atoms with van der Waals surface area (Å²) in [5.74, 6) is 0.275. The van der Waals surface area contributed by atoms with Crippen molar-refractivity contribution in [2.75, 3.05) is 32.1 Å². The topological polar surface area (TPSA) is 63.0 Å². The molecule has 0 saturated carbocycles. The predicted molar refractivity (Wildman–Crippen MR) is 95.2 cm³/mol. The molecule has 2 heterocycles. The maximum Gasteiger partial charge on any atom is 0.264 e. The number of ether oxygens (including phenoxy) is 1. The minimum Gasteiger partial charge on any atom is -0.476 e. The Labute approximate surface area is 146 Å². The number of aryl methyl sites for hydroxylation is 1. The maximum absolute atomic E-state index is 12.8. The van der Waals surface area contributed by atoms with Crippen molar-refractivity contribution in [2.24, 2.45) is 0 Å². The number of benzene rings is 1. The van der Waals surface area contributed by atoms with Crippen molar-refractivity contribution in [3.8, 4) is 5.75 Å². The van der Waals surface area contributed by atoms with Crippen LogP contribution in [-0.2, 0) is 11.2 Å². The quantitative estimate of drug-likeness (QED) is 0.848. The van der Waals surface area contributed by atoms with E-state index in [2.05, 4.69) is 4.90 Å². The zero-order valence-electron chi connectivity index (χ0n) is 14.7. The molecule has 0 aliphatic carbocycles. The van der Waals surface area contributed by atoms with E-state index in [4.69, 9.17) is 9.15 Å². The van der Waals surface area contributed by atoms with Crippen molar-refractivity contribution in [3.05, 3.63) is 58.1 Å². The van der Waals surface area contributed by atoms with E-state index in [9.17, 15) is 9.59 Å². The van der Waals surface area contributed by atoms with E-state index in [1.807, 2.05) is 38.4 Å². The molecular formula is C19H22N2O4. The lowest BCUT2D eigenvalue weighted by Crippen LogP contribution is -2.49. The molecule has 6 nitrogen and oxygen atoms in total. The first-order valence-corrected chi connectivity index (χ1v) is 8.23. The van der Waals surface area contributed by atoms with Gasteiger partial charge in [0.05, 0.1) is 6.26 Å². The van der Waals surface area contributed by atoms with Gasteiger partial charge in [-0.1, -0.05) is 18.2 Å². The number of nitrogens with zero attached hydrogens (tertiary/aromatic N) is 2. The highest BCUT2D eigenvalue weighted by molar-refractivity contribution is 5.95. The summed E-state index contributed by atoms with van der Waals surface area (Å²) in [5, 5.41) is 0. The molecule has 1 unspecified atom stereocenters. The number of likely N-dealkylation sites (N-methyl/N-ethyl adjacent to an activating group) is 1. The second-order valence-corrected chi connectivity index (χ2v) is 6.41. The first-order chi connectivity index (χ1) is 12.0. The Kier molecular flexibility index (Phi) is 4.90. The highest BCUT2D eigenvalue weighted by atomic mass is 16.5. The van der Waals surface area contributed by atoms with E-state index >= 15 is 0 Å². The summed E-state index contributed by atoms with van der Waals surface area (Å²) in [6, 6.07) is 9.41. The molecule has 1 aromatic carbocycles. The standard InChI is InChI=1S/C19H22N2O4/c1-13-19(17(22)8-9-24-13)25-12-18(23)21-11-15(20(2)3)10-14-6-4-5-7-16(14)21/h4-9,15H,10-12H2,1-3H3. The summed E-state index contributed by atoms with van der Waals surface area (Å²) in [6.07, 6.45) is 2.21. The number of hydrogen-bond donors (Lipinski definition) is 0. The average molecular weight is 342 g/mol. The zero-order chi connectivity index (χ0) is 18.0. The van der Waals surface area contributed by atoms with Gasteiger partial charge in [-0.2, -0.15) is 0 Å². The van der Waals surface area contributed by atoms with Gasteiger partial charge in [-0.15, -0.1) is 0 Å². The van der Waals surface area contributed by atoms with Crippen LogP contribution >= 0.6 is 0 Å². The van der Waals surface area contributed by atoms with E-state index in [-0.39, 0.29) is 29.7 Å². The van der Waals surface area contributed by atoms with Gasteiger partial charge in [-0.25, -0.2) is 0 Å². The molecule has 1 amide bonds. The monoisotopic (exact) mass is 342 g/mol. The molecule has 0 bridgehead atoms. The first kappa shape index (κ1) is 17.2. The molecular weight excluding hydrogens is 320 g/mol. The number of fused-ring (bicyclic) bond motifs is 1. The molecule has 6 heteroatoms. The van der Waals surface area contributed by atoms with Crippen LogP contribution in [0.25, 0.3) is 0 Å². The van der Waals surface area contributed by atoms with Crippen molar-refractivity contribution in [1.29, 1.82) is 0 Å². The van der Waals surface area contributed by atoms with Gasteiger partial charge < -0.3 is 19.0 Å². The molecule has 0 radical (unpaired) electrons. The van der Waals surface area contributed by atoms with Crippen LogP contribution in [0.2, 0.25) is 0 Å². The van der Waals surface area contributed by atoms with Crippen LogP contribution in [-0.4, -0.2) is 44.1 Å². The van der Waals surface area contributed by atoms with Crippen LogP contribution < -0.4 is 15.1 Å². The average Bonchev–Trinajstić information content (AvgIpc) is 2.60. The van der Waals surface area contributed by atoms with Gasteiger partial charge in [-0.05, 0) is 39.1 Å². The lowest BCUT2D eigenvalue weighted by molar-refractivity contribution is -0.120. The smallest absolute Gasteiger partial charge is 0.264 e. The highest BCUT2D eigenvalue weighted by Gasteiger charge is 2.29. The van der Waals surface area contributed by atoms with Crippen molar-refractivity contribution in [3.63, 3.8) is 0 Å². The molecule has 1 atom stereocenters. The van der Waals surface area contributed by atoms with Gasteiger partial charge in [0.15, 0.2) is 6.61 Å². The molecule has 3 rings (SSSR count). The molecule has 1 aromatic heterocycles. The van der Waals surface area contributed by atoms with Gasteiger partial charge in [0, 0.05) is 24.3 Å². The number of hydrogen-bond acceptors (Lipinski definition) is 5. The molecule has 0 saturated heterocycles. The van der Waals surface area contributed by atoms with E-state index in [0.29, 0.717) is 12.3 Å². The summed E-state index contributed by atoms with van der Waals surface area (Å²) in [4.78, 5) is 28.5. The van der Waals surface area contributed by atoms with Gasteiger partial charge in [0.1, 0.15) is 5.76 Å². The Balaban J connectivity index is 1.80. The number of para-hydroxylation sites is 1. The SMILES string of the molecule is Cc1occc(=O)c1OCC(=O)N1CC(N(C)C)Cc2ccccc21. The van der Waals surface area contributed by atoms with E-state index in [1.54, 1.807) is 11.8 Å². The minimum absolute atomic E-state index is 0.0882. The number of amides is 1. The highest BCUT2D eigenvalue weighted by Crippen LogP contribution is 2.28. The van der Waals surface area contributed by atoms with Gasteiger partial charge in [0.2, 0.25) is 11.2 Å². The molecule has 1 aliphatic heterocycles. The van der Waals surface area contributed by atoms with Crippen LogP contribution in [0.3, 0.4) is 0 Å². The van der Waals surface area contributed by atoms with Crippen LogP contribution in [0.4, 0.5) is 5.69 Å². The second-order valence-electron chi connectivity index (χ2n) is 6.41. The van der Waals surface area contributed by atoms with Gasteiger partial charge in [0.25, 0.3) is 5.91 Å². The predicted octanol–water partition coefficient (Wildman–Crippen LogP) is 1.85. The molecule has 25 heavy (non-hydrogen) atoms. The number of anilines is 1. The Morgan fingerprint density at radius 3 is 2.80 bits per heavy atom. The third kappa shape index (κ3) is 3.58. The molecule has 1 aliphatic rings. The molecule has 0 N–H and O–H groups in total. The summed E-state index contributed by atoms with van der Waals surface area (Å²) in [6.45, 7) is 2.03.